The van der Waals surface area contributed by atoms with Crippen molar-refractivity contribution < 1.29 is 9.53 Å². The number of ether oxygens (including phenoxy) is 1. The number of nitrogens with zero attached hydrogens (tertiary/aromatic N) is 4. The van der Waals surface area contributed by atoms with Crippen LogP contribution in [0.4, 0.5) is 0 Å². The van der Waals surface area contributed by atoms with Crippen LogP contribution in [0.1, 0.15) is 25.5 Å². The normalized spacial score (nSPS) is 12.0. The minimum absolute atomic E-state index is 0.000456. The third kappa shape index (κ3) is 4.31. The van der Waals surface area contributed by atoms with E-state index in [0.29, 0.717) is 12.4 Å². The van der Waals surface area contributed by atoms with Crippen molar-refractivity contribution in [3.05, 3.63) is 60.2 Å². The summed E-state index contributed by atoms with van der Waals surface area (Å²) in [6.45, 7) is 4.28. The van der Waals surface area contributed by atoms with E-state index in [4.69, 9.17) is 4.74 Å². The van der Waals surface area contributed by atoms with Gasteiger partial charge in [0.15, 0.2) is 6.04 Å². The minimum atomic E-state index is -0.551. The molecule has 0 saturated carbocycles. The molecular formula is C20H23N5O2. The summed E-state index contributed by atoms with van der Waals surface area (Å²) in [7, 11) is 1.61. The van der Waals surface area contributed by atoms with Crippen LogP contribution < -0.4 is 10.1 Å². The third-order valence-corrected chi connectivity index (χ3v) is 4.25. The van der Waals surface area contributed by atoms with Gasteiger partial charge in [-0.3, -0.25) is 4.79 Å². The number of methoxy groups -OCH3 is 1. The summed E-state index contributed by atoms with van der Waals surface area (Å²) in [4.78, 5) is 14.2. The SMILES string of the molecule is COc1ccccc1CNC(=O)C(C(C)C)n1nnc(-c2ccccc2)n1. The zero-order valence-electron chi connectivity index (χ0n) is 15.7. The molecule has 1 N–H and O–H groups in total. The second-order valence-corrected chi connectivity index (χ2v) is 6.52. The molecule has 0 aliphatic carbocycles. The van der Waals surface area contributed by atoms with Crippen molar-refractivity contribution >= 4 is 5.91 Å². The highest BCUT2D eigenvalue weighted by Gasteiger charge is 2.27. The summed E-state index contributed by atoms with van der Waals surface area (Å²) < 4.78 is 5.33. The Morgan fingerprint density at radius 3 is 2.52 bits per heavy atom. The molecule has 1 heterocycles. The first-order valence-electron chi connectivity index (χ1n) is 8.84. The molecule has 3 rings (SSSR count). The van der Waals surface area contributed by atoms with Crippen molar-refractivity contribution in [3.8, 4) is 17.1 Å². The summed E-state index contributed by atoms with van der Waals surface area (Å²) in [6, 6.07) is 16.6. The summed E-state index contributed by atoms with van der Waals surface area (Å²) in [5, 5.41) is 15.6. The molecule has 1 atom stereocenters. The predicted molar refractivity (Wildman–Crippen MR) is 102 cm³/mol. The van der Waals surface area contributed by atoms with Crippen LogP contribution in [0.3, 0.4) is 0 Å². The number of carbonyl (C=O) groups is 1. The van der Waals surface area contributed by atoms with E-state index < -0.39 is 6.04 Å². The van der Waals surface area contributed by atoms with Gasteiger partial charge in [0.25, 0.3) is 0 Å². The number of benzene rings is 2. The fraction of sp³-hybridized carbons (Fsp3) is 0.300. The lowest BCUT2D eigenvalue weighted by atomic mass is 10.0. The number of hydrogen-bond donors (Lipinski definition) is 1. The molecule has 7 nitrogen and oxygen atoms in total. The fourth-order valence-electron chi connectivity index (χ4n) is 2.86. The van der Waals surface area contributed by atoms with Crippen molar-refractivity contribution in [2.24, 2.45) is 5.92 Å². The highest BCUT2D eigenvalue weighted by atomic mass is 16.5. The van der Waals surface area contributed by atoms with Gasteiger partial charge in [-0.2, -0.15) is 4.80 Å². The largest absolute Gasteiger partial charge is 0.496 e. The fourth-order valence-corrected chi connectivity index (χ4v) is 2.86. The van der Waals surface area contributed by atoms with Crippen LogP contribution >= 0.6 is 0 Å². The highest BCUT2D eigenvalue weighted by Crippen LogP contribution is 2.20. The first kappa shape index (κ1) is 18.6. The number of rotatable bonds is 7. The Hall–Kier alpha value is -3.22. The van der Waals surface area contributed by atoms with Gasteiger partial charge in [-0.1, -0.05) is 62.4 Å². The molecule has 0 aliphatic rings. The standard InChI is InChI=1S/C20H23N5O2/c1-14(2)18(20(26)21-13-16-11-7-8-12-17(16)27-3)25-23-19(22-24-25)15-9-5-4-6-10-15/h4-12,14,18H,13H2,1-3H3,(H,21,26). The maximum Gasteiger partial charge on any atom is 0.247 e. The summed E-state index contributed by atoms with van der Waals surface area (Å²) in [5.74, 6) is 1.08. The van der Waals surface area contributed by atoms with Crippen molar-refractivity contribution in [3.63, 3.8) is 0 Å². The van der Waals surface area contributed by atoms with Crippen LogP contribution in [0.25, 0.3) is 11.4 Å². The zero-order valence-corrected chi connectivity index (χ0v) is 15.7. The number of para-hydroxylation sites is 1. The van der Waals surface area contributed by atoms with Gasteiger partial charge in [-0.25, -0.2) is 0 Å². The smallest absolute Gasteiger partial charge is 0.247 e. The molecular weight excluding hydrogens is 342 g/mol. The number of carbonyl (C=O) groups excluding carboxylic acids is 1. The predicted octanol–water partition coefficient (Wildman–Crippen LogP) is 2.86. The highest BCUT2D eigenvalue weighted by molar-refractivity contribution is 5.80. The van der Waals surface area contributed by atoms with Gasteiger partial charge in [-0.05, 0) is 17.2 Å². The van der Waals surface area contributed by atoms with Crippen LogP contribution in [0.2, 0.25) is 0 Å². The number of amides is 1. The van der Waals surface area contributed by atoms with E-state index in [-0.39, 0.29) is 11.8 Å². The number of nitrogens with one attached hydrogen (secondary N) is 1. The number of aromatic nitrogens is 4. The van der Waals surface area contributed by atoms with Gasteiger partial charge in [0.1, 0.15) is 5.75 Å². The van der Waals surface area contributed by atoms with Crippen molar-refractivity contribution in [2.45, 2.75) is 26.4 Å². The Morgan fingerprint density at radius 2 is 1.81 bits per heavy atom. The average molecular weight is 365 g/mol. The quantitative estimate of drug-likeness (QED) is 0.696. The minimum Gasteiger partial charge on any atom is -0.496 e. The Morgan fingerprint density at radius 1 is 1.11 bits per heavy atom. The maximum absolute atomic E-state index is 12.8. The Labute approximate surface area is 158 Å². The summed E-state index contributed by atoms with van der Waals surface area (Å²) in [6.07, 6.45) is 0. The molecule has 140 valence electrons. The molecule has 1 unspecified atom stereocenters. The molecule has 27 heavy (non-hydrogen) atoms. The summed E-state index contributed by atoms with van der Waals surface area (Å²) in [5.41, 5.74) is 1.77. The molecule has 0 aliphatic heterocycles. The molecule has 0 radical (unpaired) electrons. The topological polar surface area (TPSA) is 81.9 Å². The third-order valence-electron chi connectivity index (χ3n) is 4.25. The molecule has 3 aromatic rings. The maximum atomic E-state index is 12.8. The number of hydrogen-bond acceptors (Lipinski definition) is 5. The lowest BCUT2D eigenvalue weighted by Gasteiger charge is -2.19. The molecule has 0 bridgehead atoms. The molecule has 0 saturated heterocycles. The first-order chi connectivity index (χ1) is 13.1. The van der Waals surface area contributed by atoms with Crippen LogP contribution in [0, 0.1) is 5.92 Å². The second kappa shape index (κ2) is 8.44. The van der Waals surface area contributed by atoms with Crippen LogP contribution in [0.5, 0.6) is 5.75 Å². The van der Waals surface area contributed by atoms with Crippen molar-refractivity contribution in [2.75, 3.05) is 7.11 Å². The monoisotopic (exact) mass is 365 g/mol. The molecule has 1 amide bonds. The molecule has 0 fully saturated rings. The lowest BCUT2D eigenvalue weighted by molar-refractivity contribution is -0.126. The zero-order chi connectivity index (χ0) is 19.2. The van der Waals surface area contributed by atoms with E-state index in [0.717, 1.165) is 16.9 Å². The Kier molecular flexibility index (Phi) is 5.80. The van der Waals surface area contributed by atoms with E-state index >= 15 is 0 Å². The van der Waals surface area contributed by atoms with Gasteiger partial charge in [0, 0.05) is 17.7 Å². The Bertz CT molecular complexity index is 892. The van der Waals surface area contributed by atoms with Crippen LogP contribution in [-0.2, 0) is 11.3 Å². The lowest BCUT2D eigenvalue weighted by Crippen LogP contribution is -2.36. The van der Waals surface area contributed by atoms with Gasteiger partial charge >= 0.3 is 0 Å². The van der Waals surface area contributed by atoms with Gasteiger partial charge in [0.2, 0.25) is 11.7 Å². The van der Waals surface area contributed by atoms with E-state index in [1.54, 1.807) is 7.11 Å². The number of tetrazole rings is 1. The molecule has 2 aromatic carbocycles. The molecule has 0 spiro atoms. The van der Waals surface area contributed by atoms with E-state index in [9.17, 15) is 4.79 Å². The van der Waals surface area contributed by atoms with Crippen molar-refractivity contribution in [1.82, 2.24) is 25.5 Å². The van der Waals surface area contributed by atoms with Crippen LogP contribution in [0.15, 0.2) is 54.6 Å². The Balaban J connectivity index is 1.75. The van der Waals surface area contributed by atoms with Gasteiger partial charge < -0.3 is 10.1 Å². The molecule has 1 aromatic heterocycles. The first-order valence-corrected chi connectivity index (χ1v) is 8.84. The van der Waals surface area contributed by atoms with Gasteiger partial charge in [-0.15, -0.1) is 10.2 Å². The average Bonchev–Trinajstić information content (AvgIpc) is 3.16. The van der Waals surface area contributed by atoms with E-state index in [1.165, 1.54) is 4.80 Å². The summed E-state index contributed by atoms with van der Waals surface area (Å²) >= 11 is 0. The van der Waals surface area contributed by atoms with Crippen LogP contribution in [-0.4, -0.2) is 33.2 Å². The molecule has 7 heteroatoms. The second-order valence-electron chi connectivity index (χ2n) is 6.52. The van der Waals surface area contributed by atoms with Gasteiger partial charge in [0.05, 0.1) is 7.11 Å². The van der Waals surface area contributed by atoms with E-state index in [2.05, 4.69) is 20.7 Å². The van der Waals surface area contributed by atoms with E-state index in [1.807, 2.05) is 68.4 Å². The van der Waals surface area contributed by atoms with Crippen molar-refractivity contribution in [1.29, 1.82) is 0 Å².